The molecule has 1 saturated heterocycles. The maximum atomic E-state index is 12.4. The van der Waals surface area contributed by atoms with Crippen molar-refractivity contribution < 1.29 is 14.4 Å². The molecule has 0 unspecified atom stereocenters. The van der Waals surface area contributed by atoms with Crippen molar-refractivity contribution in [2.24, 2.45) is 0 Å². The molecule has 132 valence electrons. The van der Waals surface area contributed by atoms with Crippen LogP contribution in [0.15, 0.2) is 22.7 Å². The summed E-state index contributed by atoms with van der Waals surface area (Å²) in [6.45, 7) is 2.62. The molecule has 2 N–H and O–H groups in total. The van der Waals surface area contributed by atoms with Gasteiger partial charge in [-0.3, -0.25) is 0 Å². The third kappa shape index (κ3) is 3.24. The zero-order valence-electron chi connectivity index (χ0n) is 14.2. The SMILES string of the molecule is Cc1cc(-c2nc(C3CC3)no2)ccc1NC(=O)N1CCC[C@@H]1CO. The quantitative estimate of drug-likeness (QED) is 0.891. The van der Waals surface area contributed by atoms with Gasteiger partial charge in [0.05, 0.1) is 12.6 Å². The smallest absolute Gasteiger partial charge is 0.322 e. The maximum Gasteiger partial charge on any atom is 0.322 e. The lowest BCUT2D eigenvalue weighted by atomic mass is 10.1. The molecule has 4 rings (SSSR count). The lowest BCUT2D eigenvalue weighted by Crippen LogP contribution is -2.40. The highest BCUT2D eigenvalue weighted by molar-refractivity contribution is 5.91. The van der Waals surface area contributed by atoms with Crippen LogP contribution in [0.25, 0.3) is 11.5 Å². The Morgan fingerprint density at radius 2 is 2.24 bits per heavy atom. The van der Waals surface area contributed by atoms with Crippen molar-refractivity contribution in [1.29, 1.82) is 0 Å². The largest absolute Gasteiger partial charge is 0.394 e. The summed E-state index contributed by atoms with van der Waals surface area (Å²) in [6, 6.07) is 5.42. The number of amides is 2. The van der Waals surface area contributed by atoms with Gasteiger partial charge < -0.3 is 19.8 Å². The van der Waals surface area contributed by atoms with E-state index in [1.54, 1.807) is 4.90 Å². The number of hydrogen-bond donors (Lipinski definition) is 2. The highest BCUT2D eigenvalue weighted by Crippen LogP contribution is 2.39. The zero-order chi connectivity index (χ0) is 17.4. The van der Waals surface area contributed by atoms with Crippen molar-refractivity contribution in [3.8, 4) is 11.5 Å². The third-order valence-corrected chi connectivity index (χ3v) is 4.95. The fraction of sp³-hybridized carbons (Fsp3) is 0.500. The summed E-state index contributed by atoms with van der Waals surface area (Å²) in [6.07, 6.45) is 4.04. The molecule has 1 aromatic heterocycles. The minimum Gasteiger partial charge on any atom is -0.394 e. The Kier molecular flexibility index (Phi) is 4.17. The summed E-state index contributed by atoms with van der Waals surface area (Å²) in [5, 5.41) is 16.3. The van der Waals surface area contributed by atoms with Gasteiger partial charge in [-0.1, -0.05) is 5.16 Å². The molecule has 0 bridgehead atoms. The molecule has 25 heavy (non-hydrogen) atoms. The van der Waals surface area contributed by atoms with Crippen molar-refractivity contribution in [3.63, 3.8) is 0 Å². The van der Waals surface area contributed by atoms with Crippen LogP contribution in [-0.4, -0.2) is 45.4 Å². The van der Waals surface area contributed by atoms with E-state index in [0.29, 0.717) is 18.4 Å². The van der Waals surface area contributed by atoms with Crippen LogP contribution in [0.5, 0.6) is 0 Å². The number of aryl methyl sites for hydroxylation is 1. The van der Waals surface area contributed by atoms with Gasteiger partial charge in [0, 0.05) is 23.7 Å². The predicted octanol–water partition coefficient (Wildman–Crippen LogP) is 2.91. The summed E-state index contributed by atoms with van der Waals surface area (Å²) >= 11 is 0. The number of nitrogens with zero attached hydrogens (tertiary/aromatic N) is 3. The van der Waals surface area contributed by atoms with Gasteiger partial charge in [0.2, 0.25) is 0 Å². The minimum absolute atomic E-state index is 0.00578. The van der Waals surface area contributed by atoms with Crippen molar-refractivity contribution in [3.05, 3.63) is 29.6 Å². The molecule has 0 spiro atoms. The molecule has 1 saturated carbocycles. The van der Waals surface area contributed by atoms with E-state index in [9.17, 15) is 9.90 Å². The molecule has 2 heterocycles. The number of carbonyl (C=O) groups excluding carboxylic acids is 1. The lowest BCUT2D eigenvalue weighted by Gasteiger charge is -2.23. The van der Waals surface area contributed by atoms with Gasteiger partial charge in [-0.15, -0.1) is 0 Å². The van der Waals surface area contributed by atoms with Crippen LogP contribution in [-0.2, 0) is 0 Å². The number of urea groups is 1. The Morgan fingerprint density at radius 3 is 2.96 bits per heavy atom. The second-order valence-electron chi connectivity index (χ2n) is 6.86. The molecule has 1 aliphatic heterocycles. The molecular weight excluding hydrogens is 320 g/mol. The van der Waals surface area contributed by atoms with E-state index in [0.717, 1.165) is 48.3 Å². The van der Waals surface area contributed by atoms with E-state index >= 15 is 0 Å². The number of aromatic nitrogens is 2. The van der Waals surface area contributed by atoms with Crippen LogP contribution in [0.4, 0.5) is 10.5 Å². The molecule has 1 aromatic carbocycles. The number of likely N-dealkylation sites (tertiary alicyclic amines) is 1. The standard InChI is InChI=1S/C18H22N4O3/c1-11-9-13(17-20-16(21-25-17)12-4-5-12)6-7-15(11)19-18(24)22-8-2-3-14(22)10-23/h6-7,9,12,14,23H,2-5,8,10H2,1H3,(H,19,24)/t14-/m1/s1. The Bertz CT molecular complexity index is 784. The summed E-state index contributed by atoms with van der Waals surface area (Å²) in [7, 11) is 0. The topological polar surface area (TPSA) is 91.5 Å². The molecule has 2 aromatic rings. The van der Waals surface area contributed by atoms with Crippen LogP contribution in [0.3, 0.4) is 0 Å². The van der Waals surface area contributed by atoms with E-state index in [2.05, 4.69) is 15.5 Å². The lowest BCUT2D eigenvalue weighted by molar-refractivity contribution is 0.166. The van der Waals surface area contributed by atoms with Crippen molar-refractivity contribution in [2.75, 3.05) is 18.5 Å². The summed E-state index contributed by atoms with van der Waals surface area (Å²) in [4.78, 5) is 18.6. The summed E-state index contributed by atoms with van der Waals surface area (Å²) < 4.78 is 5.35. The molecule has 2 amide bonds. The van der Waals surface area contributed by atoms with Crippen LogP contribution >= 0.6 is 0 Å². The number of hydrogen-bond acceptors (Lipinski definition) is 5. The average molecular weight is 342 g/mol. The molecule has 2 aliphatic rings. The maximum absolute atomic E-state index is 12.4. The van der Waals surface area contributed by atoms with Crippen LogP contribution in [0.1, 0.15) is 43.0 Å². The first-order valence-corrected chi connectivity index (χ1v) is 8.79. The van der Waals surface area contributed by atoms with Gasteiger partial charge in [-0.05, 0) is 56.4 Å². The van der Waals surface area contributed by atoms with Crippen molar-refractivity contribution in [1.82, 2.24) is 15.0 Å². The van der Waals surface area contributed by atoms with Crippen molar-refractivity contribution in [2.45, 2.75) is 44.6 Å². The fourth-order valence-electron chi connectivity index (χ4n) is 3.28. The Labute approximate surface area is 146 Å². The molecule has 0 radical (unpaired) electrons. The van der Waals surface area contributed by atoms with Gasteiger partial charge in [-0.25, -0.2) is 4.79 Å². The van der Waals surface area contributed by atoms with Gasteiger partial charge in [0.15, 0.2) is 5.82 Å². The number of aliphatic hydroxyl groups excluding tert-OH is 1. The normalized spacial score (nSPS) is 20.1. The zero-order valence-corrected chi connectivity index (χ0v) is 14.2. The van der Waals surface area contributed by atoms with E-state index in [4.69, 9.17) is 4.52 Å². The van der Waals surface area contributed by atoms with E-state index < -0.39 is 0 Å². The van der Waals surface area contributed by atoms with Gasteiger partial charge >= 0.3 is 6.03 Å². The fourth-order valence-corrected chi connectivity index (χ4v) is 3.28. The van der Waals surface area contributed by atoms with E-state index in [1.807, 2.05) is 25.1 Å². The number of carbonyl (C=O) groups is 1. The molecule has 7 nitrogen and oxygen atoms in total. The van der Waals surface area contributed by atoms with Crippen LogP contribution in [0, 0.1) is 6.92 Å². The monoisotopic (exact) mass is 342 g/mol. The first-order valence-electron chi connectivity index (χ1n) is 8.79. The van der Waals surface area contributed by atoms with Gasteiger partial charge in [0.25, 0.3) is 5.89 Å². The first kappa shape index (κ1) is 16.1. The summed E-state index contributed by atoms with van der Waals surface area (Å²) in [5.74, 6) is 1.76. The Hall–Kier alpha value is -2.41. The number of nitrogens with one attached hydrogen (secondary N) is 1. The number of benzene rings is 1. The van der Waals surface area contributed by atoms with E-state index in [1.165, 1.54) is 0 Å². The van der Waals surface area contributed by atoms with Crippen molar-refractivity contribution >= 4 is 11.7 Å². The number of rotatable bonds is 4. The Morgan fingerprint density at radius 1 is 1.40 bits per heavy atom. The number of anilines is 1. The molecule has 1 aliphatic carbocycles. The average Bonchev–Trinajstić information content (AvgIpc) is 3.15. The molecule has 2 fully saturated rings. The number of aliphatic hydroxyl groups is 1. The Balaban J connectivity index is 1.48. The highest BCUT2D eigenvalue weighted by Gasteiger charge is 2.29. The highest BCUT2D eigenvalue weighted by atomic mass is 16.5. The van der Waals surface area contributed by atoms with Crippen LogP contribution < -0.4 is 5.32 Å². The molecule has 7 heteroatoms. The van der Waals surface area contributed by atoms with Gasteiger partial charge in [0.1, 0.15) is 0 Å². The predicted molar refractivity (Wildman–Crippen MR) is 92.3 cm³/mol. The van der Waals surface area contributed by atoms with Crippen LogP contribution in [0.2, 0.25) is 0 Å². The van der Waals surface area contributed by atoms with Gasteiger partial charge in [-0.2, -0.15) is 4.98 Å². The summed E-state index contributed by atoms with van der Waals surface area (Å²) in [5.41, 5.74) is 2.53. The first-order chi connectivity index (χ1) is 12.2. The third-order valence-electron chi connectivity index (χ3n) is 4.95. The molecular formula is C18H22N4O3. The second-order valence-corrected chi connectivity index (χ2v) is 6.86. The minimum atomic E-state index is -0.166. The molecule has 1 atom stereocenters. The van der Waals surface area contributed by atoms with E-state index in [-0.39, 0.29) is 18.7 Å². The second kappa shape index (κ2) is 6.48.